The van der Waals surface area contributed by atoms with Gasteiger partial charge >= 0.3 is 41.3 Å². The summed E-state index contributed by atoms with van der Waals surface area (Å²) in [6.07, 6.45) is 14.6. The Hall–Kier alpha value is 0.0931. The van der Waals surface area contributed by atoms with Gasteiger partial charge < -0.3 is 49.5 Å². The predicted molar refractivity (Wildman–Crippen MR) is 111 cm³/mol. The molecule has 1 aromatic heterocycles. The Balaban J connectivity index is -0.0000000140. The normalized spacial score (nSPS) is 6.95. The van der Waals surface area contributed by atoms with E-state index in [1.165, 1.54) is 3.21 Å². The summed E-state index contributed by atoms with van der Waals surface area (Å²) >= 11 is 1.55. The summed E-state index contributed by atoms with van der Waals surface area (Å²) in [7, 11) is 0. The molecule has 0 unspecified atom stereocenters. The molecule has 0 bridgehead atoms. The number of rotatable bonds is 0. The third-order valence-electron chi connectivity index (χ3n) is 1.03. The number of hydrogen-bond acceptors (Lipinski definition) is 0. The summed E-state index contributed by atoms with van der Waals surface area (Å²) in [5, 5.41) is 0. The molecule has 1 heterocycles. The molecule has 1 aliphatic carbocycles. The Bertz CT molecular complexity index is 250. The van der Waals surface area contributed by atoms with Crippen LogP contribution in [0.2, 0.25) is 0 Å². The number of H-pyrrole nitrogens is 1. The van der Waals surface area contributed by atoms with Crippen LogP contribution in [0, 0.1) is 56.8 Å². The fourth-order valence-corrected chi connectivity index (χ4v) is 0.581. The number of halogens is 2. The van der Waals surface area contributed by atoms with Crippen LogP contribution in [0.15, 0.2) is 36.6 Å². The van der Waals surface area contributed by atoms with Gasteiger partial charge in [-0.1, -0.05) is 0 Å². The minimum Gasteiger partial charge on any atom is -0.484 e. The van der Waals surface area contributed by atoms with Crippen LogP contribution in [0.4, 0.5) is 0 Å². The zero-order chi connectivity index (χ0) is 10.6. The Morgan fingerprint density at radius 2 is 1.45 bits per heavy atom. The first-order chi connectivity index (χ1) is 6.73. The van der Waals surface area contributed by atoms with Crippen molar-refractivity contribution in [1.82, 2.24) is 4.98 Å². The fraction of sp³-hybridized carbons (Fsp3) is 0.167. The molecule has 0 radical (unpaired) electrons. The van der Waals surface area contributed by atoms with Crippen molar-refractivity contribution in [2.75, 3.05) is 0 Å². The molecule has 0 saturated carbocycles. The number of aromatic nitrogens is 1. The van der Waals surface area contributed by atoms with Crippen LogP contribution in [0.1, 0.15) is 20.3 Å². The monoisotopic (exact) mass is 425 g/mol. The molecule has 0 fully saturated rings. The number of aromatic amines is 1. The van der Waals surface area contributed by atoms with E-state index in [-0.39, 0.29) is 69.4 Å². The topological polar surface area (TPSA) is 15.8 Å². The van der Waals surface area contributed by atoms with Gasteiger partial charge in [0, 0.05) is 0 Å². The first-order valence-corrected chi connectivity index (χ1v) is 5.69. The molecule has 0 spiro atoms. The zero-order valence-electron chi connectivity index (χ0n) is 15.5. The molecule has 1 aromatic rings. The summed E-state index contributed by atoms with van der Waals surface area (Å²) in [5.41, 5.74) is 0. The van der Waals surface area contributed by atoms with E-state index < -0.39 is 0 Å². The summed E-state index contributed by atoms with van der Waals surface area (Å²) in [6.45, 7) is 4.25. The summed E-state index contributed by atoms with van der Waals surface area (Å²) in [4.78, 5) is 2.74. The SMILES string of the molecule is C[C](C)=[Zr].Cl.Cl.[C-]1=CC=CC1.[CH3-].[CH3-].[CH3-].[CH3-].[CH3-].[CH3-].[c-]1ccc[nH]1. The smallest absolute Gasteiger partial charge is 0.108 e. The van der Waals surface area contributed by atoms with E-state index in [1.807, 2.05) is 30.5 Å². The van der Waals surface area contributed by atoms with E-state index in [0.29, 0.717) is 0 Å². The Morgan fingerprint density at radius 1 is 1.00 bits per heavy atom. The van der Waals surface area contributed by atoms with Crippen LogP contribution in [-0.4, -0.2) is 8.19 Å². The van der Waals surface area contributed by atoms with Gasteiger partial charge in [-0.25, -0.2) is 12.2 Å². The molecule has 0 atom stereocenters. The van der Waals surface area contributed by atoms with Crippen molar-refractivity contribution in [2.24, 2.45) is 0 Å². The number of allylic oxidation sites excluding steroid dienone is 4. The second-order valence-corrected chi connectivity index (χ2v) is 5.28. The molecule has 138 valence electrons. The molecule has 1 aliphatic rings. The van der Waals surface area contributed by atoms with E-state index in [4.69, 9.17) is 0 Å². The van der Waals surface area contributed by atoms with Crippen molar-refractivity contribution >= 4 is 28.0 Å². The average molecular weight is 428 g/mol. The number of nitrogens with one attached hydrogen (secondary N) is 1. The Kier molecular flexibility index (Phi) is 129. The van der Waals surface area contributed by atoms with Crippen molar-refractivity contribution < 1.29 is 24.2 Å². The van der Waals surface area contributed by atoms with Crippen LogP contribution in [0.25, 0.3) is 0 Å². The molecule has 22 heavy (non-hydrogen) atoms. The van der Waals surface area contributed by atoms with Gasteiger partial charge in [0.25, 0.3) is 0 Å². The molecule has 0 aromatic carbocycles. The third-order valence-corrected chi connectivity index (χ3v) is 1.03. The molecular weight excluding hydrogens is 392 g/mol. The van der Waals surface area contributed by atoms with Crippen LogP contribution < -0.4 is 0 Å². The minimum absolute atomic E-state index is 0. The molecule has 4 heteroatoms. The van der Waals surface area contributed by atoms with Crippen LogP contribution in [0.5, 0.6) is 0 Å². The maximum atomic E-state index is 2.99. The second-order valence-electron chi connectivity index (χ2n) is 2.82. The van der Waals surface area contributed by atoms with Crippen molar-refractivity contribution in [2.45, 2.75) is 20.3 Å². The molecule has 2 rings (SSSR count). The number of hydrogen-bond donors (Lipinski definition) is 1. The summed E-state index contributed by atoms with van der Waals surface area (Å²) in [5.74, 6) is 0. The van der Waals surface area contributed by atoms with Crippen molar-refractivity contribution in [1.29, 1.82) is 0 Å². The van der Waals surface area contributed by atoms with Gasteiger partial charge in [0.1, 0.15) is 0 Å². The first-order valence-electron chi connectivity index (χ1n) is 4.46. The Labute approximate surface area is 170 Å². The maximum Gasteiger partial charge on any atom is -0.108 e. The molecule has 1 N–H and O–H groups in total. The summed E-state index contributed by atoms with van der Waals surface area (Å²) < 4.78 is 1.51. The second kappa shape index (κ2) is 49.7. The molecule has 1 nitrogen and oxygen atoms in total. The van der Waals surface area contributed by atoms with E-state index in [2.05, 4.69) is 37.2 Å². The minimum atomic E-state index is 0. The van der Waals surface area contributed by atoms with E-state index in [1.54, 1.807) is 24.2 Å². The van der Waals surface area contributed by atoms with E-state index >= 15 is 0 Å². The van der Waals surface area contributed by atoms with Crippen LogP contribution >= 0.6 is 24.8 Å². The van der Waals surface area contributed by atoms with Gasteiger partial charge in [-0.2, -0.15) is 24.4 Å². The van der Waals surface area contributed by atoms with Gasteiger partial charge in [0.05, 0.1) is 0 Å². The summed E-state index contributed by atoms with van der Waals surface area (Å²) in [6, 6.07) is 3.71. The quantitative estimate of drug-likeness (QED) is 0.460. The fourth-order valence-electron chi connectivity index (χ4n) is 0.581. The van der Waals surface area contributed by atoms with Gasteiger partial charge in [-0.05, 0) is 0 Å². The third kappa shape index (κ3) is 71.9. The molecule has 0 aliphatic heterocycles. The van der Waals surface area contributed by atoms with E-state index in [9.17, 15) is 0 Å². The largest absolute Gasteiger partial charge is 0.484 e. The van der Waals surface area contributed by atoms with Crippen LogP contribution in [0.3, 0.4) is 0 Å². The first kappa shape index (κ1) is 57.3. The van der Waals surface area contributed by atoms with Gasteiger partial charge in [0.15, 0.2) is 0 Å². The zero-order valence-corrected chi connectivity index (χ0v) is 19.6. The Morgan fingerprint density at radius 3 is 1.55 bits per heavy atom. The van der Waals surface area contributed by atoms with E-state index in [0.717, 1.165) is 6.42 Å². The van der Waals surface area contributed by atoms with Crippen molar-refractivity contribution in [3.8, 4) is 0 Å². The molecular formula is C18H35Cl2NZr-8. The molecule has 0 saturated heterocycles. The van der Waals surface area contributed by atoms with Gasteiger partial charge in [-0.3, -0.25) is 6.08 Å². The van der Waals surface area contributed by atoms with Gasteiger partial charge in [0.2, 0.25) is 0 Å². The standard InChI is InChI=1S/C5H5.C4H4N.C3H6.6CH3.2ClH.Zr/c2*1-2-4-5-3-1;1-3-2;;;;;;;;;/h1-3H,4H2;1-3,5H;1-2H3;6*1H3;2*1H;/q2*-1;;6*-1;;;. The predicted octanol–water partition coefficient (Wildman–Crippen LogP) is 6.41. The molecule has 0 amide bonds. The van der Waals surface area contributed by atoms with Gasteiger partial charge in [-0.15, -0.1) is 37.4 Å². The average Bonchev–Trinajstić information content (AvgIpc) is 2.83. The van der Waals surface area contributed by atoms with Crippen LogP contribution in [-0.2, 0) is 24.2 Å². The van der Waals surface area contributed by atoms with Crippen molar-refractivity contribution in [3.05, 3.63) is 93.4 Å². The van der Waals surface area contributed by atoms with Crippen molar-refractivity contribution in [3.63, 3.8) is 0 Å². The maximum absolute atomic E-state index is 2.99.